The van der Waals surface area contributed by atoms with Crippen LogP contribution in [0.25, 0.3) is 11.3 Å². The van der Waals surface area contributed by atoms with Gasteiger partial charge in [-0.15, -0.1) is 0 Å². The maximum absolute atomic E-state index is 14.8. The maximum Gasteiger partial charge on any atom is 0.270 e. The number of hydrogen-bond donors (Lipinski definition) is 1. The number of allylic oxidation sites excluding steroid dienone is 3. The Morgan fingerprint density at radius 3 is 2.56 bits per heavy atom. The van der Waals surface area contributed by atoms with E-state index < -0.39 is 24.1 Å². The van der Waals surface area contributed by atoms with Crippen LogP contribution in [0.1, 0.15) is 49.2 Å². The highest BCUT2D eigenvalue weighted by Crippen LogP contribution is 2.30. The Balaban J connectivity index is 1.81. The SMILES string of the molecule is CCC[C@H](C1=CC(F)C(F)C=C1)[C@H](CC)NC(=O)c1cc(F)c(-c2c(C)cnn2C)cn1. The molecule has 0 saturated carbocycles. The molecule has 0 fully saturated rings. The lowest BCUT2D eigenvalue weighted by Gasteiger charge is -2.30. The van der Waals surface area contributed by atoms with E-state index in [0.717, 1.165) is 18.1 Å². The first-order chi connectivity index (χ1) is 15.3. The van der Waals surface area contributed by atoms with E-state index in [1.807, 2.05) is 20.8 Å². The summed E-state index contributed by atoms with van der Waals surface area (Å²) in [7, 11) is 1.71. The summed E-state index contributed by atoms with van der Waals surface area (Å²) in [6, 6.07) is 0.787. The van der Waals surface area contributed by atoms with Gasteiger partial charge in [0, 0.05) is 31.3 Å². The van der Waals surface area contributed by atoms with Crippen LogP contribution in [0.5, 0.6) is 0 Å². The average Bonchev–Trinajstić information content (AvgIpc) is 3.10. The van der Waals surface area contributed by atoms with Crippen molar-refractivity contribution in [1.82, 2.24) is 20.1 Å². The summed E-state index contributed by atoms with van der Waals surface area (Å²) >= 11 is 0. The molecule has 0 aliphatic heterocycles. The van der Waals surface area contributed by atoms with Gasteiger partial charge in [0.05, 0.1) is 17.5 Å². The number of nitrogens with zero attached hydrogens (tertiary/aromatic N) is 3. The number of nitrogens with one attached hydrogen (secondary N) is 1. The van der Waals surface area contributed by atoms with E-state index in [2.05, 4.69) is 15.4 Å². The molecule has 2 aromatic rings. The fourth-order valence-corrected chi connectivity index (χ4v) is 4.19. The van der Waals surface area contributed by atoms with Crippen LogP contribution >= 0.6 is 0 Å². The monoisotopic (exact) mass is 446 g/mol. The summed E-state index contributed by atoms with van der Waals surface area (Å²) < 4.78 is 43.8. The van der Waals surface area contributed by atoms with Crippen molar-refractivity contribution in [1.29, 1.82) is 0 Å². The predicted octanol–water partition coefficient (Wildman–Crippen LogP) is 5.03. The van der Waals surface area contributed by atoms with Crippen LogP contribution in [0.15, 0.2) is 42.3 Å². The Morgan fingerprint density at radius 1 is 1.25 bits per heavy atom. The minimum atomic E-state index is -1.69. The van der Waals surface area contributed by atoms with Gasteiger partial charge in [-0.1, -0.05) is 26.3 Å². The van der Waals surface area contributed by atoms with Crippen LogP contribution in [0.4, 0.5) is 13.2 Å². The second-order valence-electron chi connectivity index (χ2n) is 8.15. The number of pyridine rings is 1. The second-order valence-corrected chi connectivity index (χ2v) is 8.15. The third-order valence-electron chi connectivity index (χ3n) is 5.86. The molecule has 8 heteroatoms. The number of amides is 1. The number of rotatable bonds is 8. The van der Waals surface area contributed by atoms with E-state index in [4.69, 9.17) is 0 Å². The van der Waals surface area contributed by atoms with Crippen molar-refractivity contribution in [2.45, 2.75) is 58.4 Å². The molecule has 1 aliphatic carbocycles. The zero-order valence-corrected chi connectivity index (χ0v) is 18.8. The van der Waals surface area contributed by atoms with E-state index >= 15 is 0 Å². The fraction of sp³-hybridized carbons (Fsp3) is 0.458. The molecule has 1 N–H and O–H groups in total. The van der Waals surface area contributed by atoms with Crippen LogP contribution in [-0.4, -0.2) is 39.1 Å². The molecule has 32 heavy (non-hydrogen) atoms. The van der Waals surface area contributed by atoms with E-state index in [1.165, 1.54) is 18.3 Å². The molecule has 2 aromatic heterocycles. The summed E-state index contributed by atoms with van der Waals surface area (Å²) in [5.41, 5.74) is 2.29. The van der Waals surface area contributed by atoms with E-state index in [-0.39, 0.29) is 23.2 Å². The molecule has 2 unspecified atom stereocenters. The molecule has 0 bridgehead atoms. The molecule has 3 rings (SSSR count). The molecule has 0 aromatic carbocycles. The van der Waals surface area contributed by atoms with Gasteiger partial charge in [-0.2, -0.15) is 5.10 Å². The lowest BCUT2D eigenvalue weighted by Crippen LogP contribution is -2.41. The molecule has 2 heterocycles. The molecule has 0 saturated heterocycles. The Bertz CT molecular complexity index is 1010. The number of hydrogen-bond acceptors (Lipinski definition) is 3. The van der Waals surface area contributed by atoms with Crippen molar-refractivity contribution in [2.75, 3.05) is 0 Å². The van der Waals surface area contributed by atoms with Gasteiger partial charge in [-0.05, 0) is 43.1 Å². The van der Waals surface area contributed by atoms with Gasteiger partial charge in [0.2, 0.25) is 0 Å². The zero-order valence-electron chi connectivity index (χ0n) is 18.8. The highest BCUT2D eigenvalue weighted by atomic mass is 19.2. The van der Waals surface area contributed by atoms with Gasteiger partial charge in [-0.25, -0.2) is 13.2 Å². The Hall–Kier alpha value is -2.90. The molecule has 4 atom stereocenters. The zero-order chi connectivity index (χ0) is 23.4. The number of alkyl halides is 2. The molecule has 0 radical (unpaired) electrons. The predicted molar refractivity (Wildman–Crippen MR) is 118 cm³/mol. The third-order valence-corrected chi connectivity index (χ3v) is 5.86. The first-order valence-corrected chi connectivity index (χ1v) is 10.9. The molecule has 172 valence electrons. The number of carbonyl (C=O) groups is 1. The van der Waals surface area contributed by atoms with Gasteiger partial charge >= 0.3 is 0 Å². The van der Waals surface area contributed by atoms with E-state index in [1.54, 1.807) is 24.0 Å². The van der Waals surface area contributed by atoms with Crippen LogP contribution < -0.4 is 5.32 Å². The molecule has 1 amide bonds. The lowest BCUT2D eigenvalue weighted by atomic mass is 9.83. The molecular weight excluding hydrogens is 417 g/mol. The number of carbonyl (C=O) groups excluding carboxylic acids is 1. The van der Waals surface area contributed by atoms with Crippen molar-refractivity contribution in [2.24, 2.45) is 13.0 Å². The summed E-state index contributed by atoms with van der Waals surface area (Å²) in [6.07, 6.45) is 5.81. The van der Waals surface area contributed by atoms with Gasteiger partial charge < -0.3 is 5.32 Å². The average molecular weight is 447 g/mol. The molecular formula is C24H29F3N4O. The summed E-state index contributed by atoms with van der Waals surface area (Å²) in [5.74, 6) is -1.26. The van der Waals surface area contributed by atoms with Crippen molar-refractivity contribution in [3.63, 3.8) is 0 Å². The van der Waals surface area contributed by atoms with Crippen LogP contribution in [0.2, 0.25) is 0 Å². The Kier molecular flexibility index (Phi) is 7.53. The minimum Gasteiger partial charge on any atom is -0.347 e. The second kappa shape index (κ2) is 10.1. The number of halogens is 3. The summed E-state index contributed by atoms with van der Waals surface area (Å²) in [4.78, 5) is 17.0. The quantitative estimate of drug-likeness (QED) is 0.619. The van der Waals surface area contributed by atoms with Gasteiger partial charge in [0.15, 0.2) is 12.3 Å². The van der Waals surface area contributed by atoms with Gasteiger partial charge in [0.25, 0.3) is 5.91 Å². The van der Waals surface area contributed by atoms with Crippen LogP contribution in [0, 0.1) is 18.7 Å². The van der Waals surface area contributed by atoms with Gasteiger partial charge in [-0.3, -0.25) is 14.5 Å². The maximum atomic E-state index is 14.8. The lowest BCUT2D eigenvalue weighted by molar-refractivity contribution is 0.0918. The van der Waals surface area contributed by atoms with E-state index in [9.17, 15) is 18.0 Å². The number of aryl methyl sites for hydroxylation is 2. The van der Waals surface area contributed by atoms with Crippen molar-refractivity contribution in [3.05, 3.63) is 59.3 Å². The highest BCUT2D eigenvalue weighted by Gasteiger charge is 2.29. The fourth-order valence-electron chi connectivity index (χ4n) is 4.19. The smallest absolute Gasteiger partial charge is 0.270 e. The minimum absolute atomic E-state index is 0.0415. The first kappa shape index (κ1) is 23.8. The van der Waals surface area contributed by atoms with Crippen LogP contribution in [0.3, 0.4) is 0 Å². The van der Waals surface area contributed by atoms with Crippen molar-refractivity contribution >= 4 is 5.91 Å². The normalized spacial score (nSPS) is 20.0. The topological polar surface area (TPSA) is 59.8 Å². The van der Waals surface area contributed by atoms with Crippen molar-refractivity contribution in [3.8, 4) is 11.3 Å². The molecule has 0 spiro atoms. The molecule has 5 nitrogen and oxygen atoms in total. The largest absolute Gasteiger partial charge is 0.347 e. The van der Waals surface area contributed by atoms with E-state index in [0.29, 0.717) is 24.1 Å². The number of aromatic nitrogens is 3. The third kappa shape index (κ3) is 4.95. The Morgan fingerprint density at radius 2 is 2.00 bits per heavy atom. The highest BCUT2D eigenvalue weighted by molar-refractivity contribution is 5.92. The van der Waals surface area contributed by atoms with Crippen molar-refractivity contribution < 1.29 is 18.0 Å². The Labute approximate surface area is 186 Å². The van der Waals surface area contributed by atoms with Crippen LogP contribution in [-0.2, 0) is 7.05 Å². The summed E-state index contributed by atoms with van der Waals surface area (Å²) in [6.45, 7) is 5.73. The summed E-state index contributed by atoms with van der Waals surface area (Å²) in [5, 5.41) is 7.03. The molecule has 1 aliphatic rings. The standard InChI is InChI=1S/C24H29F3N4O/c1-5-7-16(15-8-9-18(25)20(27)10-15)21(6-2)30-24(32)22-11-19(26)17(13-28-22)23-14(3)12-29-31(23)4/h8-13,16,18,20-21H,5-7H2,1-4H3,(H,30,32)/t16-,18?,20?,21+/m1/s1. The first-order valence-electron chi connectivity index (χ1n) is 10.9. The van der Waals surface area contributed by atoms with Gasteiger partial charge in [0.1, 0.15) is 11.5 Å².